The molecule has 0 spiro atoms. The molecule has 0 aliphatic carbocycles. The lowest BCUT2D eigenvalue weighted by Crippen LogP contribution is -2.29. The van der Waals surface area contributed by atoms with Crippen molar-refractivity contribution in [3.63, 3.8) is 0 Å². The highest BCUT2D eigenvalue weighted by atomic mass is 79.9. The predicted octanol–water partition coefficient (Wildman–Crippen LogP) is 0.863. The molecule has 2 N–H and O–H groups in total. The van der Waals surface area contributed by atoms with Crippen LogP contribution in [0.3, 0.4) is 0 Å². The highest BCUT2D eigenvalue weighted by molar-refractivity contribution is 9.10. The number of esters is 1. The van der Waals surface area contributed by atoms with Crippen molar-refractivity contribution < 1.29 is 19.7 Å². The predicted molar refractivity (Wildman–Crippen MR) is 57.4 cm³/mol. The average molecular weight is 296 g/mol. The van der Waals surface area contributed by atoms with Crippen molar-refractivity contribution in [1.82, 2.24) is 4.98 Å². The van der Waals surface area contributed by atoms with E-state index in [9.17, 15) is 15.0 Å². The lowest BCUT2D eigenvalue weighted by atomic mass is 10.2. The molecule has 7 heteroatoms. The Hall–Kier alpha value is -0.500. The Morgan fingerprint density at radius 1 is 1.73 bits per heavy atom. The van der Waals surface area contributed by atoms with E-state index in [4.69, 9.17) is 0 Å². The summed E-state index contributed by atoms with van der Waals surface area (Å²) in [4.78, 5) is 15.0. The number of hydrogen-bond acceptors (Lipinski definition) is 6. The number of aromatic nitrogens is 1. The number of halogens is 1. The number of aliphatic hydroxyl groups excluding tert-OH is 2. The Morgan fingerprint density at radius 2 is 2.40 bits per heavy atom. The van der Waals surface area contributed by atoms with Crippen LogP contribution in [0.5, 0.6) is 0 Å². The monoisotopic (exact) mass is 295 g/mol. The Kier molecular flexibility index (Phi) is 4.65. The van der Waals surface area contributed by atoms with Crippen LogP contribution in [-0.4, -0.2) is 33.9 Å². The van der Waals surface area contributed by atoms with Crippen LogP contribution < -0.4 is 0 Å². The van der Waals surface area contributed by atoms with Gasteiger partial charge in [-0.05, 0) is 22.9 Å². The van der Waals surface area contributed by atoms with Crippen molar-refractivity contribution in [3.8, 4) is 0 Å². The molecule has 0 saturated carbocycles. The molecule has 0 saturated heterocycles. The molecule has 0 radical (unpaired) electrons. The van der Waals surface area contributed by atoms with E-state index in [1.165, 1.54) is 0 Å². The van der Waals surface area contributed by atoms with Gasteiger partial charge in [-0.1, -0.05) is 0 Å². The van der Waals surface area contributed by atoms with Gasteiger partial charge in [0.1, 0.15) is 15.7 Å². The first kappa shape index (κ1) is 12.6. The third kappa shape index (κ3) is 3.23. The summed E-state index contributed by atoms with van der Waals surface area (Å²) < 4.78 is 5.12. The number of thiazole rings is 1. The van der Waals surface area contributed by atoms with Gasteiger partial charge in [-0.25, -0.2) is 9.78 Å². The molecule has 0 fully saturated rings. The van der Waals surface area contributed by atoms with E-state index in [-0.39, 0.29) is 11.6 Å². The van der Waals surface area contributed by atoms with Crippen LogP contribution in [0, 0.1) is 0 Å². The molecule has 0 aliphatic rings. The van der Waals surface area contributed by atoms with Gasteiger partial charge in [-0.3, -0.25) is 0 Å². The molecule has 1 rings (SSSR count). The van der Waals surface area contributed by atoms with Crippen molar-refractivity contribution in [1.29, 1.82) is 0 Å². The van der Waals surface area contributed by atoms with Gasteiger partial charge in [0, 0.05) is 5.38 Å². The second-order valence-corrected chi connectivity index (χ2v) is 4.35. The van der Waals surface area contributed by atoms with Crippen LogP contribution in [0.15, 0.2) is 9.98 Å². The van der Waals surface area contributed by atoms with Crippen LogP contribution in [0.1, 0.15) is 18.0 Å². The lowest BCUT2D eigenvalue weighted by Gasteiger charge is -2.13. The summed E-state index contributed by atoms with van der Waals surface area (Å²) in [6.45, 7) is 1.78. The van der Waals surface area contributed by atoms with Crippen molar-refractivity contribution in [2.75, 3.05) is 6.61 Å². The lowest BCUT2D eigenvalue weighted by molar-refractivity contribution is -0.159. The maximum atomic E-state index is 11.1. The third-order valence-corrected chi connectivity index (χ3v) is 3.20. The molecule has 0 aromatic carbocycles. The van der Waals surface area contributed by atoms with Gasteiger partial charge < -0.3 is 14.9 Å². The minimum Gasteiger partial charge on any atom is -0.464 e. The second kappa shape index (κ2) is 5.55. The van der Waals surface area contributed by atoms with E-state index in [0.29, 0.717) is 4.60 Å². The first-order valence-corrected chi connectivity index (χ1v) is 5.87. The molecule has 1 heterocycles. The zero-order valence-electron chi connectivity index (χ0n) is 7.88. The van der Waals surface area contributed by atoms with E-state index < -0.39 is 18.2 Å². The zero-order chi connectivity index (χ0) is 11.4. The molecular weight excluding hydrogens is 286 g/mol. The summed E-state index contributed by atoms with van der Waals surface area (Å²) in [5.41, 5.74) is 0. The molecule has 0 bridgehead atoms. The maximum absolute atomic E-state index is 11.1. The fourth-order valence-corrected chi connectivity index (χ4v) is 2.17. The summed E-state index contributed by atoms with van der Waals surface area (Å²) >= 11 is 4.25. The first-order valence-electron chi connectivity index (χ1n) is 4.20. The third-order valence-electron chi connectivity index (χ3n) is 1.57. The standard InChI is InChI=1S/C8H10BrNO4S/c1-2-14-8(13)6(12)5(11)7-10-4(9)3-15-7/h3,5-6,11-12H,2H2,1H3. The largest absolute Gasteiger partial charge is 0.464 e. The topological polar surface area (TPSA) is 79.7 Å². The minimum absolute atomic E-state index is 0.157. The number of carbonyl (C=O) groups is 1. The Balaban J connectivity index is 2.67. The van der Waals surface area contributed by atoms with E-state index in [1.807, 2.05) is 0 Å². The van der Waals surface area contributed by atoms with Gasteiger partial charge in [0.15, 0.2) is 6.10 Å². The normalized spacial score (nSPS) is 14.7. The Bertz CT molecular complexity index is 343. The molecule has 0 amide bonds. The minimum atomic E-state index is -1.59. The number of aliphatic hydroxyl groups is 2. The highest BCUT2D eigenvalue weighted by Crippen LogP contribution is 2.24. The highest BCUT2D eigenvalue weighted by Gasteiger charge is 2.28. The fourth-order valence-electron chi connectivity index (χ4n) is 0.894. The first-order chi connectivity index (χ1) is 7.06. The Morgan fingerprint density at radius 3 is 2.87 bits per heavy atom. The van der Waals surface area contributed by atoms with Crippen LogP contribution in [0.2, 0.25) is 0 Å². The zero-order valence-corrected chi connectivity index (χ0v) is 10.3. The van der Waals surface area contributed by atoms with Crippen molar-refractivity contribution in [2.24, 2.45) is 0 Å². The molecule has 1 aromatic heterocycles. The van der Waals surface area contributed by atoms with E-state index in [1.54, 1.807) is 12.3 Å². The van der Waals surface area contributed by atoms with E-state index in [2.05, 4.69) is 25.7 Å². The molecule has 1 aromatic rings. The number of ether oxygens (including phenoxy) is 1. The molecule has 0 aliphatic heterocycles. The van der Waals surface area contributed by atoms with E-state index >= 15 is 0 Å². The summed E-state index contributed by atoms with van der Waals surface area (Å²) in [6.07, 6.45) is -2.94. The molecule has 5 nitrogen and oxygen atoms in total. The maximum Gasteiger partial charge on any atom is 0.338 e. The van der Waals surface area contributed by atoms with Gasteiger partial charge in [0.25, 0.3) is 0 Å². The van der Waals surface area contributed by atoms with E-state index in [0.717, 1.165) is 11.3 Å². The molecule has 2 unspecified atom stereocenters. The van der Waals surface area contributed by atoms with Crippen LogP contribution in [-0.2, 0) is 9.53 Å². The molecule has 84 valence electrons. The second-order valence-electron chi connectivity index (χ2n) is 2.65. The number of nitrogens with zero attached hydrogens (tertiary/aromatic N) is 1. The smallest absolute Gasteiger partial charge is 0.338 e. The number of carbonyl (C=O) groups excluding carboxylic acids is 1. The van der Waals surface area contributed by atoms with Crippen LogP contribution >= 0.6 is 27.3 Å². The Labute approximate surface area is 98.8 Å². The van der Waals surface area contributed by atoms with Gasteiger partial charge in [-0.15, -0.1) is 11.3 Å². The number of hydrogen-bond donors (Lipinski definition) is 2. The summed E-state index contributed by atoms with van der Waals surface area (Å²) in [5, 5.41) is 20.9. The van der Waals surface area contributed by atoms with Crippen LogP contribution in [0.4, 0.5) is 0 Å². The average Bonchev–Trinajstić information content (AvgIpc) is 2.63. The van der Waals surface area contributed by atoms with Gasteiger partial charge in [0.05, 0.1) is 6.61 Å². The molecule has 2 atom stereocenters. The van der Waals surface area contributed by atoms with Crippen molar-refractivity contribution in [3.05, 3.63) is 15.0 Å². The molecule has 15 heavy (non-hydrogen) atoms. The fraction of sp³-hybridized carbons (Fsp3) is 0.500. The van der Waals surface area contributed by atoms with Crippen LogP contribution in [0.25, 0.3) is 0 Å². The number of rotatable bonds is 4. The van der Waals surface area contributed by atoms with Gasteiger partial charge in [-0.2, -0.15) is 0 Å². The van der Waals surface area contributed by atoms with Gasteiger partial charge in [0.2, 0.25) is 0 Å². The van der Waals surface area contributed by atoms with Crippen molar-refractivity contribution in [2.45, 2.75) is 19.1 Å². The summed E-state index contributed by atoms with van der Waals surface area (Å²) in [5.74, 6) is -0.851. The van der Waals surface area contributed by atoms with Crippen molar-refractivity contribution >= 4 is 33.2 Å². The SMILES string of the molecule is CCOC(=O)C(O)C(O)c1nc(Br)cs1. The summed E-state index contributed by atoms with van der Waals surface area (Å²) in [7, 11) is 0. The quantitative estimate of drug-likeness (QED) is 0.806. The molecular formula is C8H10BrNO4S. The van der Waals surface area contributed by atoms with Gasteiger partial charge >= 0.3 is 5.97 Å². The summed E-state index contributed by atoms with van der Waals surface area (Å²) in [6, 6.07) is 0.